The second-order valence-electron chi connectivity index (χ2n) is 2.66. The van der Waals surface area contributed by atoms with E-state index in [1.54, 1.807) is 0 Å². The van der Waals surface area contributed by atoms with E-state index in [0.717, 1.165) is 12.2 Å². The molecule has 0 atom stereocenters. The minimum atomic E-state index is -1.19. The van der Waals surface area contributed by atoms with Crippen LogP contribution in [0.4, 0.5) is 0 Å². The fourth-order valence-electron chi connectivity index (χ4n) is 0.926. The summed E-state index contributed by atoms with van der Waals surface area (Å²) in [6.45, 7) is 0. The molecule has 0 heterocycles. The van der Waals surface area contributed by atoms with Gasteiger partial charge in [-0.2, -0.15) is 0 Å². The zero-order valence-electron chi connectivity index (χ0n) is 7.41. The zero-order valence-corrected chi connectivity index (χ0v) is 8.92. The Kier molecular flexibility index (Phi) is 3.88. The number of ketones is 1. The number of carboxylic acids is 1. The molecule has 78 valence electrons. The molecule has 1 aromatic carbocycles. The molecule has 3 nitrogen and oxygen atoms in total. The summed E-state index contributed by atoms with van der Waals surface area (Å²) >= 11 is 11.4. The molecule has 0 fully saturated rings. The fraction of sp³-hybridized carbons (Fsp3) is 0. The summed E-state index contributed by atoms with van der Waals surface area (Å²) in [5, 5.41) is 8.94. The number of benzene rings is 1. The average Bonchev–Trinajstić information content (AvgIpc) is 2.14. The minimum Gasteiger partial charge on any atom is -0.478 e. The van der Waals surface area contributed by atoms with Crippen molar-refractivity contribution in [2.24, 2.45) is 0 Å². The number of hydrogen-bond donors (Lipinski definition) is 1. The Labute approximate surface area is 95.9 Å². The first-order valence-electron chi connectivity index (χ1n) is 3.91. The van der Waals surface area contributed by atoms with Crippen LogP contribution in [0.3, 0.4) is 0 Å². The van der Waals surface area contributed by atoms with Crippen molar-refractivity contribution in [3.63, 3.8) is 0 Å². The van der Waals surface area contributed by atoms with Gasteiger partial charge >= 0.3 is 5.97 Å². The number of rotatable bonds is 3. The number of carbonyl (C=O) groups is 2. The van der Waals surface area contributed by atoms with Gasteiger partial charge in [0.15, 0.2) is 5.78 Å². The van der Waals surface area contributed by atoms with Gasteiger partial charge in [-0.1, -0.05) is 23.2 Å². The van der Waals surface area contributed by atoms with Gasteiger partial charge in [0, 0.05) is 16.7 Å². The SMILES string of the molecule is O=C(O)/C=C/C(=O)c1ccc(Cl)cc1Cl. The lowest BCUT2D eigenvalue weighted by atomic mass is 10.1. The Morgan fingerprint density at radius 3 is 2.40 bits per heavy atom. The van der Waals surface area contributed by atoms with E-state index in [9.17, 15) is 9.59 Å². The summed E-state index contributed by atoms with van der Waals surface area (Å²) in [6, 6.07) is 4.37. The molecular formula is C10H6Cl2O3. The van der Waals surface area contributed by atoms with Crippen molar-refractivity contribution >= 4 is 35.0 Å². The second kappa shape index (κ2) is 4.96. The van der Waals surface area contributed by atoms with Crippen molar-refractivity contribution in [3.05, 3.63) is 46.0 Å². The Morgan fingerprint density at radius 2 is 1.87 bits per heavy atom. The average molecular weight is 245 g/mol. The standard InChI is InChI=1S/C10H6Cl2O3/c11-6-1-2-7(8(12)5-6)9(13)3-4-10(14)15/h1-5H,(H,14,15)/b4-3+. The van der Waals surface area contributed by atoms with E-state index in [4.69, 9.17) is 28.3 Å². The monoisotopic (exact) mass is 244 g/mol. The Balaban J connectivity index is 2.97. The zero-order chi connectivity index (χ0) is 11.4. The maximum atomic E-state index is 11.4. The number of allylic oxidation sites excluding steroid dienone is 1. The molecule has 1 N–H and O–H groups in total. The third-order valence-electron chi connectivity index (χ3n) is 1.57. The molecule has 5 heteroatoms. The maximum absolute atomic E-state index is 11.4. The van der Waals surface area contributed by atoms with Gasteiger partial charge in [-0.25, -0.2) is 4.79 Å². The largest absolute Gasteiger partial charge is 0.478 e. The summed E-state index contributed by atoms with van der Waals surface area (Å²) in [6.07, 6.45) is 1.70. The summed E-state index contributed by atoms with van der Waals surface area (Å²) in [5.74, 6) is -1.66. The molecular weight excluding hydrogens is 239 g/mol. The molecule has 0 amide bonds. The molecule has 0 aliphatic heterocycles. The van der Waals surface area contributed by atoms with Crippen molar-refractivity contribution in [1.29, 1.82) is 0 Å². The van der Waals surface area contributed by atoms with Crippen LogP contribution in [0.5, 0.6) is 0 Å². The molecule has 0 aliphatic carbocycles. The van der Waals surface area contributed by atoms with Crippen LogP contribution in [0, 0.1) is 0 Å². The summed E-state index contributed by atoms with van der Waals surface area (Å²) < 4.78 is 0. The predicted octanol–water partition coefficient (Wildman–Crippen LogP) is 2.82. The highest BCUT2D eigenvalue weighted by Gasteiger charge is 2.07. The molecule has 0 aliphatic rings. The van der Waals surface area contributed by atoms with E-state index in [2.05, 4.69) is 0 Å². The lowest BCUT2D eigenvalue weighted by Gasteiger charge is -1.99. The highest BCUT2D eigenvalue weighted by molar-refractivity contribution is 6.37. The third-order valence-corrected chi connectivity index (χ3v) is 2.12. The number of hydrogen-bond acceptors (Lipinski definition) is 2. The minimum absolute atomic E-state index is 0.197. The first-order valence-corrected chi connectivity index (χ1v) is 4.66. The fourth-order valence-corrected chi connectivity index (χ4v) is 1.43. The van der Waals surface area contributed by atoms with E-state index in [0.29, 0.717) is 5.02 Å². The van der Waals surface area contributed by atoms with Crippen molar-refractivity contribution in [2.75, 3.05) is 0 Å². The highest BCUT2D eigenvalue weighted by Crippen LogP contribution is 2.21. The second-order valence-corrected chi connectivity index (χ2v) is 3.50. The van der Waals surface area contributed by atoms with Gasteiger partial charge in [0.2, 0.25) is 0 Å². The van der Waals surface area contributed by atoms with Crippen molar-refractivity contribution in [3.8, 4) is 0 Å². The van der Waals surface area contributed by atoms with Gasteiger partial charge in [-0.3, -0.25) is 4.79 Å². The quantitative estimate of drug-likeness (QED) is 0.658. The molecule has 0 unspecified atom stereocenters. The lowest BCUT2D eigenvalue weighted by molar-refractivity contribution is -0.131. The molecule has 0 bridgehead atoms. The lowest BCUT2D eigenvalue weighted by Crippen LogP contribution is -1.97. The summed E-state index contributed by atoms with van der Waals surface area (Å²) in [5.41, 5.74) is 0.221. The molecule has 0 saturated carbocycles. The Morgan fingerprint density at radius 1 is 1.20 bits per heavy atom. The first-order chi connectivity index (χ1) is 7.00. The molecule has 0 spiro atoms. The van der Waals surface area contributed by atoms with Gasteiger partial charge in [-0.05, 0) is 24.3 Å². The van der Waals surface area contributed by atoms with Crippen LogP contribution >= 0.6 is 23.2 Å². The van der Waals surface area contributed by atoms with Gasteiger partial charge < -0.3 is 5.11 Å². The Hall–Kier alpha value is -1.32. The van der Waals surface area contributed by atoms with Gasteiger partial charge in [0.1, 0.15) is 0 Å². The highest BCUT2D eigenvalue weighted by atomic mass is 35.5. The maximum Gasteiger partial charge on any atom is 0.328 e. The summed E-state index contributed by atoms with van der Waals surface area (Å²) in [7, 11) is 0. The number of carbonyl (C=O) groups excluding carboxylic acids is 1. The van der Waals surface area contributed by atoms with E-state index in [1.807, 2.05) is 0 Å². The third kappa shape index (κ3) is 3.38. The molecule has 0 aromatic heterocycles. The van der Waals surface area contributed by atoms with E-state index in [1.165, 1.54) is 18.2 Å². The van der Waals surface area contributed by atoms with E-state index < -0.39 is 11.8 Å². The van der Waals surface area contributed by atoms with Gasteiger partial charge in [0.05, 0.1) is 5.02 Å². The normalized spacial score (nSPS) is 10.5. The molecule has 0 saturated heterocycles. The molecule has 0 radical (unpaired) electrons. The molecule has 1 rings (SSSR count). The summed E-state index contributed by atoms with van der Waals surface area (Å²) in [4.78, 5) is 21.6. The smallest absolute Gasteiger partial charge is 0.328 e. The Bertz CT molecular complexity index is 438. The molecule has 15 heavy (non-hydrogen) atoms. The van der Waals surface area contributed by atoms with Crippen LogP contribution in [-0.2, 0) is 4.79 Å². The van der Waals surface area contributed by atoms with Crippen molar-refractivity contribution < 1.29 is 14.7 Å². The van der Waals surface area contributed by atoms with Crippen LogP contribution in [0.2, 0.25) is 10.0 Å². The number of halogens is 2. The van der Waals surface area contributed by atoms with Crippen LogP contribution in [0.15, 0.2) is 30.4 Å². The predicted molar refractivity (Wildman–Crippen MR) is 57.6 cm³/mol. The van der Waals surface area contributed by atoms with Gasteiger partial charge in [-0.15, -0.1) is 0 Å². The van der Waals surface area contributed by atoms with E-state index in [-0.39, 0.29) is 10.6 Å². The number of aliphatic carboxylic acids is 1. The van der Waals surface area contributed by atoms with Crippen LogP contribution < -0.4 is 0 Å². The van der Waals surface area contributed by atoms with E-state index >= 15 is 0 Å². The van der Waals surface area contributed by atoms with Crippen molar-refractivity contribution in [2.45, 2.75) is 0 Å². The van der Waals surface area contributed by atoms with Crippen LogP contribution in [0.1, 0.15) is 10.4 Å². The number of carboxylic acid groups (broad SMARTS) is 1. The van der Waals surface area contributed by atoms with Crippen LogP contribution in [0.25, 0.3) is 0 Å². The van der Waals surface area contributed by atoms with Gasteiger partial charge in [0.25, 0.3) is 0 Å². The van der Waals surface area contributed by atoms with Crippen LogP contribution in [-0.4, -0.2) is 16.9 Å². The topological polar surface area (TPSA) is 54.4 Å². The first kappa shape index (κ1) is 11.8. The van der Waals surface area contributed by atoms with Crippen molar-refractivity contribution in [1.82, 2.24) is 0 Å². The molecule has 1 aromatic rings.